The van der Waals surface area contributed by atoms with Crippen molar-refractivity contribution in [3.8, 4) is 5.69 Å². The fourth-order valence-corrected chi connectivity index (χ4v) is 2.10. The summed E-state index contributed by atoms with van der Waals surface area (Å²) in [4.78, 5) is 1.53. The lowest BCUT2D eigenvalue weighted by Gasteiger charge is -2.13. The van der Waals surface area contributed by atoms with Gasteiger partial charge >= 0.3 is 0 Å². The molecule has 5 nitrogen and oxygen atoms in total. The molecular formula is C15H14FN5. The van der Waals surface area contributed by atoms with Gasteiger partial charge in [0.05, 0.1) is 17.9 Å². The number of halogens is 1. The lowest BCUT2D eigenvalue weighted by Crippen LogP contribution is -2.29. The van der Waals surface area contributed by atoms with Crippen LogP contribution in [0.25, 0.3) is 5.69 Å². The Morgan fingerprint density at radius 2 is 1.76 bits per heavy atom. The van der Waals surface area contributed by atoms with Crippen molar-refractivity contribution in [2.24, 2.45) is 5.84 Å². The van der Waals surface area contributed by atoms with Crippen LogP contribution in [-0.4, -0.2) is 15.0 Å². The minimum atomic E-state index is -0.344. The van der Waals surface area contributed by atoms with E-state index in [-0.39, 0.29) is 11.9 Å². The second-order valence-corrected chi connectivity index (χ2v) is 4.55. The second kappa shape index (κ2) is 5.82. The predicted octanol–water partition coefficient (Wildman–Crippen LogP) is 1.96. The molecule has 2 aromatic carbocycles. The molecule has 3 aromatic rings. The highest BCUT2D eigenvalue weighted by molar-refractivity contribution is 5.30. The second-order valence-electron chi connectivity index (χ2n) is 4.55. The van der Waals surface area contributed by atoms with Crippen molar-refractivity contribution in [1.82, 2.24) is 20.4 Å². The smallest absolute Gasteiger partial charge is 0.123 e. The molecule has 0 amide bonds. The molecule has 0 fully saturated rings. The fourth-order valence-electron chi connectivity index (χ4n) is 2.10. The van der Waals surface area contributed by atoms with E-state index in [9.17, 15) is 4.39 Å². The molecule has 3 N–H and O–H groups in total. The zero-order valence-electron chi connectivity index (χ0n) is 11.1. The van der Waals surface area contributed by atoms with Gasteiger partial charge in [-0.25, -0.2) is 9.82 Å². The van der Waals surface area contributed by atoms with Crippen molar-refractivity contribution in [3.05, 3.63) is 77.9 Å². The third-order valence-electron chi connectivity index (χ3n) is 3.16. The van der Waals surface area contributed by atoms with Gasteiger partial charge in [-0.1, -0.05) is 30.3 Å². The van der Waals surface area contributed by atoms with E-state index < -0.39 is 0 Å². The van der Waals surface area contributed by atoms with Gasteiger partial charge in [-0.2, -0.15) is 15.0 Å². The van der Waals surface area contributed by atoms with Gasteiger partial charge in [-0.15, -0.1) is 0 Å². The average Bonchev–Trinajstić information content (AvgIpc) is 3.00. The van der Waals surface area contributed by atoms with Crippen LogP contribution < -0.4 is 11.3 Å². The number of nitrogens with two attached hydrogens (primary N) is 1. The molecule has 21 heavy (non-hydrogen) atoms. The third kappa shape index (κ3) is 2.81. The molecule has 106 valence electrons. The highest BCUT2D eigenvalue weighted by Gasteiger charge is 2.16. The quantitative estimate of drug-likeness (QED) is 0.567. The van der Waals surface area contributed by atoms with Crippen LogP contribution in [0.3, 0.4) is 0 Å². The molecule has 0 saturated heterocycles. The van der Waals surface area contributed by atoms with E-state index >= 15 is 0 Å². The van der Waals surface area contributed by atoms with Crippen molar-refractivity contribution < 1.29 is 4.39 Å². The SMILES string of the molecule is NNC(c1ccc(F)cc1)c1cnn(-c2ccccc2)n1. The number of nitrogens with one attached hydrogen (secondary N) is 1. The van der Waals surface area contributed by atoms with E-state index in [1.807, 2.05) is 30.3 Å². The topological polar surface area (TPSA) is 68.8 Å². The zero-order valence-corrected chi connectivity index (χ0v) is 11.1. The fraction of sp³-hybridized carbons (Fsp3) is 0.0667. The highest BCUT2D eigenvalue weighted by Crippen LogP contribution is 2.19. The maximum absolute atomic E-state index is 13.0. The highest BCUT2D eigenvalue weighted by atomic mass is 19.1. The van der Waals surface area contributed by atoms with Gasteiger partial charge < -0.3 is 0 Å². The van der Waals surface area contributed by atoms with Gasteiger partial charge in [0, 0.05) is 0 Å². The molecule has 3 rings (SSSR count). The molecule has 0 spiro atoms. The monoisotopic (exact) mass is 283 g/mol. The van der Waals surface area contributed by atoms with Crippen LogP contribution in [0.2, 0.25) is 0 Å². The van der Waals surface area contributed by atoms with Crippen molar-refractivity contribution in [1.29, 1.82) is 0 Å². The standard InChI is InChI=1S/C15H14FN5/c16-12-8-6-11(7-9-12)15(19-17)14-10-18-21(20-14)13-4-2-1-3-5-13/h1-10,15,19H,17H2. The van der Waals surface area contributed by atoms with Crippen molar-refractivity contribution in [2.45, 2.75) is 6.04 Å². The Morgan fingerprint density at radius 3 is 2.43 bits per heavy atom. The zero-order chi connectivity index (χ0) is 14.7. The molecule has 6 heteroatoms. The number of rotatable bonds is 4. The number of para-hydroxylation sites is 1. The summed E-state index contributed by atoms with van der Waals surface area (Å²) in [6.45, 7) is 0. The molecule has 1 unspecified atom stereocenters. The van der Waals surface area contributed by atoms with E-state index in [2.05, 4.69) is 15.6 Å². The van der Waals surface area contributed by atoms with Crippen LogP contribution in [0.4, 0.5) is 4.39 Å². The van der Waals surface area contributed by atoms with Gasteiger partial charge in [-0.05, 0) is 29.8 Å². The van der Waals surface area contributed by atoms with E-state index in [0.717, 1.165) is 11.3 Å². The van der Waals surface area contributed by atoms with Gasteiger partial charge in [0.1, 0.15) is 11.5 Å². The summed E-state index contributed by atoms with van der Waals surface area (Å²) >= 11 is 0. The Labute approximate surface area is 121 Å². The molecule has 1 heterocycles. The van der Waals surface area contributed by atoms with E-state index in [1.165, 1.54) is 16.9 Å². The largest absolute Gasteiger partial charge is 0.271 e. The summed E-state index contributed by atoms with van der Waals surface area (Å²) in [6.07, 6.45) is 1.64. The molecular weight excluding hydrogens is 269 g/mol. The van der Waals surface area contributed by atoms with Crippen LogP contribution in [0.15, 0.2) is 60.8 Å². The van der Waals surface area contributed by atoms with Crippen LogP contribution in [-0.2, 0) is 0 Å². The summed E-state index contributed by atoms with van der Waals surface area (Å²) in [5.74, 6) is 5.31. The van der Waals surface area contributed by atoms with Crippen LogP contribution in [0.5, 0.6) is 0 Å². The number of hydrogen-bond donors (Lipinski definition) is 2. The lowest BCUT2D eigenvalue weighted by atomic mass is 10.1. The van der Waals surface area contributed by atoms with Gasteiger partial charge in [0.25, 0.3) is 0 Å². The minimum Gasteiger partial charge on any atom is -0.271 e. The van der Waals surface area contributed by atoms with Crippen molar-refractivity contribution >= 4 is 0 Å². The van der Waals surface area contributed by atoms with Crippen LogP contribution in [0, 0.1) is 5.82 Å². The first-order valence-electron chi connectivity index (χ1n) is 6.47. The first-order valence-corrected chi connectivity index (χ1v) is 6.47. The van der Waals surface area contributed by atoms with Gasteiger partial charge in [0.15, 0.2) is 0 Å². The number of hydrazine groups is 1. The van der Waals surface area contributed by atoms with Crippen molar-refractivity contribution in [3.63, 3.8) is 0 Å². The maximum Gasteiger partial charge on any atom is 0.123 e. The van der Waals surface area contributed by atoms with Gasteiger partial charge in [-0.3, -0.25) is 5.84 Å². The molecule has 0 bridgehead atoms. The van der Waals surface area contributed by atoms with E-state index in [4.69, 9.17) is 5.84 Å². The lowest BCUT2D eigenvalue weighted by molar-refractivity contribution is 0.601. The summed E-state index contributed by atoms with van der Waals surface area (Å²) in [6, 6.07) is 15.3. The first kappa shape index (κ1) is 13.4. The van der Waals surface area contributed by atoms with Crippen LogP contribution >= 0.6 is 0 Å². The maximum atomic E-state index is 13.0. The Kier molecular flexibility index (Phi) is 3.72. The number of nitrogens with zero attached hydrogens (tertiary/aromatic N) is 3. The Balaban J connectivity index is 1.92. The summed E-state index contributed by atoms with van der Waals surface area (Å²) in [5, 5.41) is 8.65. The Bertz CT molecular complexity index is 708. The number of aromatic nitrogens is 3. The molecule has 0 saturated carbocycles. The minimum absolute atomic E-state index is 0.289. The van der Waals surface area contributed by atoms with E-state index in [0.29, 0.717) is 5.69 Å². The van der Waals surface area contributed by atoms with E-state index in [1.54, 1.807) is 18.3 Å². The number of hydrogen-bond acceptors (Lipinski definition) is 4. The Hall–Kier alpha value is -2.57. The normalized spacial score (nSPS) is 12.3. The predicted molar refractivity (Wildman–Crippen MR) is 76.9 cm³/mol. The molecule has 0 aliphatic heterocycles. The first-order chi connectivity index (χ1) is 10.3. The van der Waals surface area contributed by atoms with Crippen LogP contribution in [0.1, 0.15) is 17.3 Å². The van der Waals surface area contributed by atoms with Gasteiger partial charge in [0.2, 0.25) is 0 Å². The molecule has 1 aromatic heterocycles. The number of benzene rings is 2. The average molecular weight is 283 g/mol. The molecule has 0 aliphatic rings. The summed E-state index contributed by atoms with van der Waals surface area (Å²) in [7, 11) is 0. The summed E-state index contributed by atoms with van der Waals surface area (Å²) in [5.41, 5.74) is 5.02. The van der Waals surface area contributed by atoms with Crippen molar-refractivity contribution in [2.75, 3.05) is 0 Å². The molecule has 0 radical (unpaired) electrons. The molecule has 1 atom stereocenters. The Morgan fingerprint density at radius 1 is 1.05 bits per heavy atom. The third-order valence-corrected chi connectivity index (χ3v) is 3.16. The molecule has 0 aliphatic carbocycles. The summed E-state index contributed by atoms with van der Waals surface area (Å²) < 4.78 is 13.0.